The molecule has 0 radical (unpaired) electrons. The number of aromatic carboxylic acids is 1. The van der Waals surface area contributed by atoms with E-state index < -0.39 is 75.7 Å². The largest absolute Gasteiger partial charge is 0.508 e. The van der Waals surface area contributed by atoms with Crippen molar-refractivity contribution in [2.75, 3.05) is 25.4 Å². The fourth-order valence-corrected chi connectivity index (χ4v) is 8.45. The molecule has 326 valence electrons. The minimum atomic E-state index is -5.54. The Bertz CT molecular complexity index is 2960. The van der Waals surface area contributed by atoms with Gasteiger partial charge in [0.2, 0.25) is 11.7 Å². The number of ether oxygens (including phenoxy) is 2. The van der Waals surface area contributed by atoms with Crippen LogP contribution in [0, 0.1) is 0 Å². The number of anilines is 1. The van der Waals surface area contributed by atoms with E-state index in [1.165, 1.54) is 72.5 Å². The lowest BCUT2D eigenvalue weighted by Gasteiger charge is -2.21. The number of nitrogen functional groups attached to an aromatic ring is 1. The Morgan fingerprint density at radius 3 is 2.48 bits per heavy atom. The smallest absolute Gasteiger partial charge is 0.481 e. The standard InChI is InChI=1S/C35H33N7O18P2/c1-41-14-42(29-26(41)31(47)40-34(36)39-29)32-27(45)28(24(58-32)13-56-62(54,55)60-61(51,52)53)59-35(50)38-9-8-37-30(46)15-2-5-18(33(48)49)21(10-15)25-19-6-3-16(43)11-22(19)57-23-12-17(44)4-7-20(23)25/h2-7,10-12,14,24,27-28,32,45H,8-9,13H2,1H3,(H9-,36,37,38,39,40,43,44,46,47,48,49,50,51,52,53,54,55)/p+1/t24-,27-,28-,32-/m1/s1. The summed E-state index contributed by atoms with van der Waals surface area (Å²) in [5.41, 5.74) is 5.17. The van der Waals surface area contributed by atoms with Crippen LogP contribution >= 0.6 is 15.6 Å². The zero-order valence-electron chi connectivity index (χ0n) is 31.6. The van der Waals surface area contributed by atoms with Crippen molar-refractivity contribution >= 4 is 61.7 Å². The number of carbonyl (C=O) groups is 3. The van der Waals surface area contributed by atoms with Gasteiger partial charge in [-0.25, -0.2) is 23.3 Å². The molecule has 3 aliphatic rings. The number of aryl methyl sites for hydroxylation is 1. The molecule has 5 atom stereocenters. The SMILES string of the molecule is Cn1c[n+]([C@@H]2O[C@H](COP(=O)(O)OP(=O)(O)O)[C@@H](OC(=O)NCCNC(=O)c3ccc(C(=O)O)c(-c4c5ccc(=O)cc-5oc5cc(O)ccc45)c3)[C@H]2O)c2nc(N)[nH]c(=O)c21. The highest BCUT2D eigenvalue weighted by Gasteiger charge is 2.51. The van der Waals surface area contributed by atoms with Crippen molar-refractivity contribution in [1.29, 1.82) is 0 Å². The van der Waals surface area contributed by atoms with Crippen molar-refractivity contribution in [1.82, 2.24) is 25.2 Å². The number of nitrogens with one attached hydrogen (secondary N) is 3. The first-order valence-electron chi connectivity index (χ1n) is 17.8. The second-order valence-electron chi connectivity index (χ2n) is 13.6. The lowest BCUT2D eigenvalue weighted by molar-refractivity contribution is -0.745. The maximum absolute atomic E-state index is 13.4. The summed E-state index contributed by atoms with van der Waals surface area (Å²) in [6, 6.07) is 11.8. The van der Waals surface area contributed by atoms with Crippen LogP contribution in [0.4, 0.5) is 10.7 Å². The molecule has 27 heteroatoms. The molecule has 1 fully saturated rings. The van der Waals surface area contributed by atoms with Gasteiger partial charge < -0.3 is 60.3 Å². The van der Waals surface area contributed by atoms with Gasteiger partial charge in [-0.2, -0.15) is 4.31 Å². The van der Waals surface area contributed by atoms with Crippen molar-refractivity contribution < 1.29 is 80.8 Å². The number of carbonyl (C=O) groups excluding carboxylic acids is 2. The third kappa shape index (κ3) is 9.06. The van der Waals surface area contributed by atoms with Crippen LogP contribution in [0.25, 0.3) is 44.6 Å². The monoisotopic (exact) mass is 902 g/mol. The number of nitrogens with two attached hydrogens (primary N) is 1. The fourth-order valence-electron chi connectivity index (χ4n) is 6.85. The number of carboxylic acids is 1. The molecule has 2 aromatic heterocycles. The first-order chi connectivity index (χ1) is 29.2. The minimum absolute atomic E-state index is 0.0120. The fraction of sp³-hybridized carbons (Fsp3) is 0.229. The van der Waals surface area contributed by atoms with Gasteiger partial charge in [0, 0.05) is 47.3 Å². The Kier molecular flexibility index (Phi) is 11.8. The van der Waals surface area contributed by atoms with Crippen LogP contribution in [0.1, 0.15) is 26.9 Å². The summed E-state index contributed by atoms with van der Waals surface area (Å²) >= 11 is 0. The normalized spacial score (nSPS) is 18.8. The van der Waals surface area contributed by atoms with E-state index >= 15 is 0 Å². The third-order valence-corrected chi connectivity index (χ3v) is 11.5. The lowest BCUT2D eigenvalue weighted by atomic mass is 9.89. The highest BCUT2D eigenvalue weighted by molar-refractivity contribution is 7.60. The molecule has 62 heavy (non-hydrogen) atoms. The molecule has 1 unspecified atom stereocenters. The Labute approximate surface area is 345 Å². The average molecular weight is 903 g/mol. The first-order valence-corrected chi connectivity index (χ1v) is 20.9. The number of H-pyrrole nitrogens is 1. The highest BCUT2D eigenvalue weighted by atomic mass is 31.3. The maximum atomic E-state index is 13.4. The van der Waals surface area contributed by atoms with Crippen LogP contribution in [0.2, 0.25) is 0 Å². The number of aliphatic hydroxyl groups excluding tert-OH is 1. The number of phenols is 1. The van der Waals surface area contributed by atoms with Crippen molar-refractivity contribution in [2.24, 2.45) is 7.05 Å². The van der Waals surface area contributed by atoms with Crippen LogP contribution in [-0.4, -0.2) is 101 Å². The number of imidazole rings is 1. The quantitative estimate of drug-likeness (QED) is 0.0325. The lowest BCUT2D eigenvalue weighted by Crippen LogP contribution is -2.47. The summed E-state index contributed by atoms with van der Waals surface area (Å²) in [5.74, 6) is -2.42. The minimum Gasteiger partial charge on any atom is -0.508 e. The summed E-state index contributed by atoms with van der Waals surface area (Å²) in [5, 5.41) is 36.8. The van der Waals surface area contributed by atoms with Crippen LogP contribution < -0.4 is 31.9 Å². The molecule has 1 aliphatic carbocycles. The molecule has 4 heterocycles. The molecular formula is C35H34N7O18P2+. The van der Waals surface area contributed by atoms with Crippen molar-refractivity contribution in [3.05, 3.63) is 92.6 Å². The molecule has 7 rings (SSSR count). The molecule has 25 nitrogen and oxygen atoms in total. The number of aromatic amines is 1. The van der Waals surface area contributed by atoms with E-state index in [1.807, 2.05) is 0 Å². The number of phosphoric acid groups is 2. The highest BCUT2D eigenvalue weighted by Crippen LogP contribution is 2.57. The maximum Gasteiger partial charge on any atom is 0.481 e. The number of aliphatic hydroxyl groups is 1. The van der Waals surface area contributed by atoms with Gasteiger partial charge in [-0.15, -0.1) is 0 Å². The number of carboxylic acid groups (broad SMARTS) is 1. The molecule has 0 saturated carbocycles. The van der Waals surface area contributed by atoms with Gasteiger partial charge in [-0.05, 0) is 48.0 Å². The van der Waals surface area contributed by atoms with E-state index in [4.69, 9.17) is 29.4 Å². The Hall–Kier alpha value is -6.53. The second-order valence-corrected chi connectivity index (χ2v) is 16.4. The summed E-state index contributed by atoms with van der Waals surface area (Å²) < 4.78 is 51.4. The predicted molar refractivity (Wildman–Crippen MR) is 209 cm³/mol. The number of fused-ring (bicyclic) bond motifs is 3. The van der Waals surface area contributed by atoms with Crippen LogP contribution in [0.3, 0.4) is 0 Å². The molecule has 11 N–H and O–H groups in total. The van der Waals surface area contributed by atoms with Crippen LogP contribution in [0.5, 0.6) is 5.75 Å². The Morgan fingerprint density at radius 1 is 1.02 bits per heavy atom. The van der Waals surface area contributed by atoms with E-state index in [1.54, 1.807) is 0 Å². The number of hydrogen-bond donors (Lipinski definition) is 10. The van der Waals surface area contributed by atoms with E-state index in [9.17, 15) is 53.3 Å². The number of amides is 2. The zero-order valence-corrected chi connectivity index (χ0v) is 33.4. The van der Waals surface area contributed by atoms with Gasteiger partial charge in [0.1, 0.15) is 23.2 Å². The number of benzene rings is 3. The summed E-state index contributed by atoms with van der Waals surface area (Å²) in [7, 11) is -9.54. The number of alkyl carbamates (subject to hydrolysis) is 1. The Morgan fingerprint density at radius 2 is 1.76 bits per heavy atom. The molecule has 4 aromatic rings. The number of aromatic hydroxyl groups is 1. The predicted octanol–water partition coefficient (Wildman–Crippen LogP) is 0.423. The van der Waals surface area contributed by atoms with Gasteiger partial charge in [0.05, 0.1) is 19.2 Å². The molecule has 0 bridgehead atoms. The number of rotatable bonds is 13. The van der Waals surface area contributed by atoms with Crippen LogP contribution in [-0.2, 0) is 34.5 Å². The number of phosphoric ester groups is 1. The van der Waals surface area contributed by atoms with Crippen molar-refractivity contribution in [3.8, 4) is 28.2 Å². The van der Waals surface area contributed by atoms with E-state index in [0.717, 1.165) is 4.57 Å². The molecule has 0 spiro atoms. The summed E-state index contributed by atoms with van der Waals surface area (Å²) in [6.07, 6.45) is -6.66. The van der Waals surface area contributed by atoms with E-state index in [2.05, 4.69) is 29.4 Å². The van der Waals surface area contributed by atoms with Gasteiger partial charge in [0.15, 0.2) is 24.0 Å². The molecule has 1 saturated heterocycles. The molecule has 2 aromatic carbocycles. The van der Waals surface area contributed by atoms with Gasteiger partial charge >= 0.3 is 33.4 Å². The molecular weight excluding hydrogens is 868 g/mol. The number of phenolic OH excluding ortho intramolecular Hbond substituents is 1. The number of hydrogen-bond acceptors (Lipinski definition) is 16. The van der Waals surface area contributed by atoms with Crippen molar-refractivity contribution in [2.45, 2.75) is 24.5 Å². The number of aromatic nitrogens is 4. The molecule has 2 amide bonds. The average Bonchev–Trinajstić information content (AvgIpc) is 3.67. The number of nitrogens with zero attached hydrogens (tertiary/aromatic N) is 3. The zero-order chi connectivity index (χ0) is 44.8. The van der Waals surface area contributed by atoms with E-state index in [0.29, 0.717) is 16.5 Å². The third-order valence-electron chi connectivity index (χ3n) is 9.37. The van der Waals surface area contributed by atoms with E-state index in [-0.39, 0.29) is 64.0 Å². The Balaban J connectivity index is 1.07. The van der Waals surface area contributed by atoms with Gasteiger partial charge in [-0.3, -0.25) is 28.5 Å². The molecule has 2 aliphatic heterocycles. The van der Waals surface area contributed by atoms with Gasteiger partial charge in [0.25, 0.3) is 17.4 Å². The van der Waals surface area contributed by atoms with Crippen LogP contribution in [0.15, 0.2) is 74.9 Å². The summed E-state index contributed by atoms with van der Waals surface area (Å²) in [4.78, 5) is 97.8. The van der Waals surface area contributed by atoms with Crippen molar-refractivity contribution in [3.63, 3.8) is 0 Å². The second kappa shape index (κ2) is 16.7. The topological polar surface area (TPSA) is 378 Å². The first kappa shape index (κ1) is 43.6. The summed E-state index contributed by atoms with van der Waals surface area (Å²) in [6.45, 7) is -1.60. The van der Waals surface area contributed by atoms with Gasteiger partial charge in [-0.1, -0.05) is 4.98 Å².